The summed E-state index contributed by atoms with van der Waals surface area (Å²) in [5.74, 6) is -19.1. The molecule has 0 fully saturated rings. The first-order chi connectivity index (χ1) is 7.23. The molecular formula is C8H7F9. The molecule has 0 heterocycles. The first-order valence-electron chi connectivity index (χ1n) is 4.12. The second-order valence-electron chi connectivity index (χ2n) is 3.18. The van der Waals surface area contributed by atoms with Gasteiger partial charge in [0.25, 0.3) is 0 Å². The van der Waals surface area contributed by atoms with Crippen LogP contribution < -0.4 is 0 Å². The Morgan fingerprint density at radius 2 is 1.18 bits per heavy atom. The molecule has 17 heavy (non-hydrogen) atoms. The molecule has 0 aromatic heterocycles. The molecule has 9 heteroatoms. The second kappa shape index (κ2) is 4.09. The first-order valence-corrected chi connectivity index (χ1v) is 4.12. The fourth-order valence-corrected chi connectivity index (χ4v) is 0.819. The van der Waals surface area contributed by atoms with Crippen LogP contribution in [0.15, 0.2) is 12.2 Å². The Kier molecular flexibility index (Phi) is 3.88. The first kappa shape index (κ1) is 16.1. The molecule has 0 aliphatic rings. The van der Waals surface area contributed by atoms with E-state index in [4.69, 9.17) is 0 Å². The van der Waals surface area contributed by atoms with Crippen LogP contribution in [0.5, 0.6) is 0 Å². The van der Waals surface area contributed by atoms with Crippen molar-refractivity contribution in [2.45, 2.75) is 37.3 Å². The van der Waals surface area contributed by atoms with E-state index in [2.05, 4.69) is 6.58 Å². The van der Waals surface area contributed by atoms with Crippen LogP contribution in [0.1, 0.15) is 13.3 Å². The summed E-state index contributed by atoms with van der Waals surface area (Å²) < 4.78 is 110. The molecule has 0 unspecified atom stereocenters. The van der Waals surface area contributed by atoms with Gasteiger partial charge < -0.3 is 0 Å². The molecule has 0 nitrogen and oxygen atoms in total. The van der Waals surface area contributed by atoms with Crippen molar-refractivity contribution < 1.29 is 39.5 Å². The van der Waals surface area contributed by atoms with Crippen LogP contribution in [0.3, 0.4) is 0 Å². The van der Waals surface area contributed by atoms with Gasteiger partial charge in [0.15, 0.2) is 0 Å². The highest BCUT2D eigenvalue weighted by atomic mass is 19.4. The molecule has 0 spiro atoms. The van der Waals surface area contributed by atoms with Crippen molar-refractivity contribution in [3.8, 4) is 0 Å². The molecule has 0 atom stereocenters. The maximum Gasteiger partial charge on any atom is 0.460 e. The van der Waals surface area contributed by atoms with E-state index in [-0.39, 0.29) is 0 Å². The van der Waals surface area contributed by atoms with Crippen LogP contribution in [0, 0.1) is 0 Å². The van der Waals surface area contributed by atoms with Gasteiger partial charge in [-0.1, -0.05) is 13.5 Å². The van der Waals surface area contributed by atoms with Crippen molar-refractivity contribution >= 4 is 0 Å². The Bertz CT molecular complexity index is 299. The highest BCUT2D eigenvalue weighted by Crippen LogP contribution is 2.55. The molecule has 0 radical (unpaired) electrons. The molecule has 0 aromatic carbocycles. The molecule has 0 saturated carbocycles. The quantitative estimate of drug-likeness (QED) is 0.526. The van der Waals surface area contributed by atoms with Gasteiger partial charge in [-0.15, -0.1) is 0 Å². The van der Waals surface area contributed by atoms with E-state index in [1.165, 1.54) is 0 Å². The zero-order chi connectivity index (χ0) is 14.3. The third kappa shape index (κ3) is 2.23. The minimum Gasteiger partial charge on any atom is -0.194 e. The van der Waals surface area contributed by atoms with Crippen molar-refractivity contribution in [3.63, 3.8) is 0 Å². The molecule has 0 bridgehead atoms. The number of rotatable bonds is 4. The van der Waals surface area contributed by atoms with Crippen LogP contribution in [0.4, 0.5) is 39.5 Å². The molecule has 0 aliphatic carbocycles. The predicted molar refractivity (Wildman–Crippen MR) is 40.3 cm³/mol. The van der Waals surface area contributed by atoms with E-state index in [0.717, 1.165) is 6.92 Å². The van der Waals surface area contributed by atoms with E-state index in [1.807, 2.05) is 0 Å². The summed E-state index contributed by atoms with van der Waals surface area (Å²) in [7, 11) is 0. The monoisotopic (exact) mass is 274 g/mol. The zero-order valence-corrected chi connectivity index (χ0v) is 8.32. The summed E-state index contributed by atoms with van der Waals surface area (Å²) in [5, 5.41) is 0. The summed E-state index contributed by atoms with van der Waals surface area (Å²) in [6.07, 6.45) is -7.65. The number of allylic oxidation sites excluding steroid dienone is 1. The number of hydrogen-bond donors (Lipinski definition) is 0. The average molecular weight is 274 g/mol. The largest absolute Gasteiger partial charge is 0.460 e. The molecule has 0 aromatic rings. The Labute approximate surface area is 90.1 Å². The maximum atomic E-state index is 12.8. The normalized spacial score (nSPS) is 14.9. The van der Waals surface area contributed by atoms with Crippen LogP contribution in [-0.4, -0.2) is 23.9 Å². The van der Waals surface area contributed by atoms with E-state index in [1.54, 1.807) is 0 Å². The molecule has 0 rings (SSSR count). The SMILES string of the molecule is C=C(CC)C(F)(F)C(F)(F)C(F)(F)C(F)(F)F. The van der Waals surface area contributed by atoms with Crippen molar-refractivity contribution in [1.82, 2.24) is 0 Å². The Hall–Kier alpha value is -0.890. The summed E-state index contributed by atoms with van der Waals surface area (Å²) >= 11 is 0. The van der Waals surface area contributed by atoms with Gasteiger partial charge in [0.2, 0.25) is 0 Å². The lowest BCUT2D eigenvalue weighted by atomic mass is 9.96. The average Bonchev–Trinajstić information content (AvgIpc) is 2.13. The van der Waals surface area contributed by atoms with Crippen LogP contribution in [0.25, 0.3) is 0 Å². The Morgan fingerprint density at radius 1 is 0.824 bits per heavy atom. The number of halogens is 9. The van der Waals surface area contributed by atoms with Crippen molar-refractivity contribution in [1.29, 1.82) is 0 Å². The minimum atomic E-state index is -6.85. The highest BCUT2D eigenvalue weighted by Gasteiger charge is 2.81. The van der Waals surface area contributed by atoms with Crippen molar-refractivity contribution in [2.75, 3.05) is 0 Å². The smallest absolute Gasteiger partial charge is 0.194 e. The molecule has 0 aliphatic heterocycles. The number of hydrogen-bond acceptors (Lipinski definition) is 0. The fraction of sp³-hybridized carbons (Fsp3) is 0.750. The van der Waals surface area contributed by atoms with Gasteiger partial charge in [-0.05, 0) is 12.0 Å². The van der Waals surface area contributed by atoms with Gasteiger partial charge in [0.1, 0.15) is 0 Å². The Balaban J connectivity index is 5.63. The summed E-state index contributed by atoms with van der Waals surface area (Å²) in [5.41, 5.74) is -1.70. The fourth-order valence-electron chi connectivity index (χ4n) is 0.819. The summed E-state index contributed by atoms with van der Waals surface area (Å²) in [6.45, 7) is 3.25. The number of alkyl halides is 9. The van der Waals surface area contributed by atoms with Crippen LogP contribution in [0.2, 0.25) is 0 Å². The highest BCUT2D eigenvalue weighted by molar-refractivity contribution is 5.17. The van der Waals surface area contributed by atoms with E-state index in [9.17, 15) is 39.5 Å². The maximum absolute atomic E-state index is 12.8. The predicted octanol–water partition coefficient (Wildman–Crippen LogP) is 4.42. The van der Waals surface area contributed by atoms with E-state index < -0.39 is 35.9 Å². The van der Waals surface area contributed by atoms with Crippen molar-refractivity contribution in [2.24, 2.45) is 0 Å². The topological polar surface area (TPSA) is 0 Å². The Morgan fingerprint density at radius 3 is 1.41 bits per heavy atom. The van der Waals surface area contributed by atoms with Crippen molar-refractivity contribution in [3.05, 3.63) is 12.2 Å². The van der Waals surface area contributed by atoms with Gasteiger partial charge >= 0.3 is 23.9 Å². The summed E-state index contributed by atoms with van der Waals surface area (Å²) in [4.78, 5) is 0. The zero-order valence-electron chi connectivity index (χ0n) is 8.32. The second-order valence-corrected chi connectivity index (χ2v) is 3.18. The third-order valence-electron chi connectivity index (χ3n) is 2.02. The molecule has 0 N–H and O–H groups in total. The van der Waals surface area contributed by atoms with Gasteiger partial charge in [0, 0.05) is 0 Å². The molecule has 102 valence electrons. The standard InChI is InChI=1S/C8H7F9/c1-3-4(2)5(9,10)6(11,12)7(13,14)8(15,16)17/h2-3H2,1H3. The van der Waals surface area contributed by atoms with Gasteiger partial charge in [-0.2, -0.15) is 39.5 Å². The minimum absolute atomic E-state index is 0.865. The van der Waals surface area contributed by atoms with Crippen LogP contribution in [-0.2, 0) is 0 Å². The summed E-state index contributed by atoms with van der Waals surface area (Å²) in [6, 6.07) is 0. The van der Waals surface area contributed by atoms with Gasteiger partial charge in [-0.3, -0.25) is 0 Å². The molecular weight excluding hydrogens is 267 g/mol. The van der Waals surface area contributed by atoms with Gasteiger partial charge in [0.05, 0.1) is 0 Å². The van der Waals surface area contributed by atoms with E-state index >= 15 is 0 Å². The van der Waals surface area contributed by atoms with Gasteiger partial charge in [-0.25, -0.2) is 0 Å². The third-order valence-corrected chi connectivity index (χ3v) is 2.02. The van der Waals surface area contributed by atoms with Crippen LogP contribution >= 0.6 is 0 Å². The molecule has 0 saturated heterocycles. The lowest BCUT2D eigenvalue weighted by Gasteiger charge is -2.34. The lowest BCUT2D eigenvalue weighted by molar-refractivity contribution is -0.390. The lowest BCUT2D eigenvalue weighted by Crippen LogP contribution is -2.61. The molecule has 0 amide bonds. The van der Waals surface area contributed by atoms with E-state index in [0.29, 0.717) is 0 Å².